The second-order valence-electron chi connectivity index (χ2n) is 9.61. The molecule has 0 unspecified atom stereocenters. The molecule has 0 aliphatic carbocycles. The normalized spacial score (nSPS) is 19.0. The molecule has 2 atom stereocenters. The fourth-order valence-electron chi connectivity index (χ4n) is 3.60. The third-order valence-corrected chi connectivity index (χ3v) is 6.09. The molecule has 0 spiro atoms. The Balaban J connectivity index is 3.05. The van der Waals surface area contributed by atoms with Crippen molar-refractivity contribution in [3.05, 3.63) is 0 Å². The van der Waals surface area contributed by atoms with Crippen molar-refractivity contribution in [1.29, 1.82) is 0 Å². The van der Waals surface area contributed by atoms with Crippen molar-refractivity contribution >= 4 is 47.3 Å². The second-order valence-corrected chi connectivity index (χ2v) is 9.61. The highest BCUT2D eigenvalue weighted by molar-refractivity contribution is 5.94. The van der Waals surface area contributed by atoms with Crippen molar-refractivity contribution in [3.8, 4) is 0 Å². The summed E-state index contributed by atoms with van der Waals surface area (Å²) in [4.78, 5) is 97.3. The van der Waals surface area contributed by atoms with Crippen LogP contribution in [0.25, 0.3) is 0 Å². The van der Waals surface area contributed by atoms with Gasteiger partial charge in [0, 0.05) is 39.8 Å². The van der Waals surface area contributed by atoms with Gasteiger partial charge < -0.3 is 26.6 Å². The molecule has 0 radical (unpaired) electrons. The molecule has 43 heavy (non-hydrogen) atoms. The van der Waals surface area contributed by atoms with Crippen molar-refractivity contribution in [3.63, 3.8) is 0 Å². The van der Waals surface area contributed by atoms with E-state index in [1.807, 2.05) is 0 Å². The molecule has 1 saturated heterocycles. The summed E-state index contributed by atoms with van der Waals surface area (Å²) >= 11 is 0. The van der Waals surface area contributed by atoms with E-state index in [1.165, 1.54) is 0 Å². The largest absolute Gasteiger partial charge is 0.355 e. The number of hydroxylamine groups is 6. The van der Waals surface area contributed by atoms with Crippen LogP contribution in [-0.2, 0) is 38.4 Å². The predicted molar refractivity (Wildman–Crippen MR) is 142 cm³/mol. The lowest BCUT2D eigenvalue weighted by atomic mass is 10.1. The number of nitrogens with one attached hydrogen (secondary N) is 5. The number of rotatable bonds is 10. The molecule has 242 valence electrons. The van der Waals surface area contributed by atoms with Crippen molar-refractivity contribution in [2.24, 2.45) is 0 Å². The SMILES string of the molecule is CC(=O)N(O)CCCC(=O)N(O)CC[C@H]1NC(=O)[C@@H](CCN(O)C(C)=O)NC(=O)CNC(=O)CCCNC(=O)CNC1=O. The van der Waals surface area contributed by atoms with Crippen molar-refractivity contribution in [2.75, 3.05) is 39.3 Å². The predicted octanol–water partition coefficient (Wildman–Crippen LogP) is -3.65. The molecule has 0 aromatic carbocycles. The van der Waals surface area contributed by atoms with Gasteiger partial charge in [-0.25, -0.2) is 15.2 Å². The second kappa shape index (κ2) is 18.9. The fourth-order valence-corrected chi connectivity index (χ4v) is 3.60. The number of nitrogens with zero attached hydrogens (tertiary/aromatic N) is 3. The zero-order valence-corrected chi connectivity index (χ0v) is 24.1. The summed E-state index contributed by atoms with van der Waals surface area (Å²) in [6.07, 6.45) is -0.673. The summed E-state index contributed by atoms with van der Waals surface area (Å²) in [5.41, 5.74) is 0. The Bertz CT molecular complexity index is 1040. The Morgan fingerprint density at radius 1 is 0.698 bits per heavy atom. The minimum atomic E-state index is -1.43. The maximum atomic E-state index is 13.2. The van der Waals surface area contributed by atoms with E-state index in [-0.39, 0.29) is 58.2 Å². The third kappa shape index (κ3) is 14.9. The zero-order chi connectivity index (χ0) is 32.5. The lowest BCUT2D eigenvalue weighted by molar-refractivity contribution is -0.169. The Morgan fingerprint density at radius 3 is 1.88 bits per heavy atom. The highest BCUT2D eigenvalue weighted by Crippen LogP contribution is 2.04. The van der Waals surface area contributed by atoms with Gasteiger partial charge in [0.25, 0.3) is 0 Å². The Kier molecular flexibility index (Phi) is 16.2. The smallest absolute Gasteiger partial charge is 0.245 e. The Labute approximate surface area is 247 Å². The quantitative estimate of drug-likeness (QED) is 0.0876. The van der Waals surface area contributed by atoms with E-state index in [9.17, 15) is 54.0 Å². The zero-order valence-electron chi connectivity index (χ0n) is 24.1. The van der Waals surface area contributed by atoms with Gasteiger partial charge in [0.05, 0.1) is 26.2 Å². The van der Waals surface area contributed by atoms with Gasteiger partial charge in [-0.1, -0.05) is 0 Å². The molecule has 1 fully saturated rings. The number of carbonyl (C=O) groups is 8. The Hall–Kier alpha value is -4.36. The first-order chi connectivity index (χ1) is 20.2. The van der Waals surface area contributed by atoms with Gasteiger partial charge in [0.15, 0.2) is 0 Å². The molecule has 1 rings (SSSR count). The molecule has 0 bridgehead atoms. The lowest BCUT2D eigenvalue weighted by Crippen LogP contribution is -2.56. The van der Waals surface area contributed by atoms with Crippen LogP contribution in [0.5, 0.6) is 0 Å². The number of hydrogen-bond donors (Lipinski definition) is 8. The standard InChI is InChI=1S/C24H40N8O11/c1-15(33)30(41)10-4-6-22(38)32(43)12-8-17-23(39)27-13-20(36)25-9-3-5-19(35)26-14-21(37)28-18(24(40)29-17)7-11-31(42)16(2)34/h17-18,41-43H,3-14H2,1-2H3,(H,25,36)(H,26,35)(H,27,39)(H,28,37)(H,29,40)/t17-,18-/m1/s1. The average Bonchev–Trinajstić information content (AvgIpc) is 2.95. The monoisotopic (exact) mass is 616 g/mol. The summed E-state index contributed by atoms with van der Waals surface area (Å²) in [5, 5.41) is 42.2. The fraction of sp³-hybridized carbons (Fsp3) is 0.667. The van der Waals surface area contributed by atoms with Crippen LogP contribution < -0.4 is 26.6 Å². The topological polar surface area (TPSA) is 267 Å². The van der Waals surface area contributed by atoms with Crippen LogP contribution in [0.1, 0.15) is 52.4 Å². The van der Waals surface area contributed by atoms with E-state index in [4.69, 9.17) is 0 Å². The number of carbonyl (C=O) groups excluding carboxylic acids is 8. The van der Waals surface area contributed by atoms with Crippen LogP contribution in [-0.4, -0.2) is 129 Å². The van der Waals surface area contributed by atoms with Crippen LogP contribution in [0.3, 0.4) is 0 Å². The van der Waals surface area contributed by atoms with E-state index in [1.54, 1.807) is 0 Å². The van der Waals surface area contributed by atoms with Gasteiger partial charge in [0.1, 0.15) is 12.1 Å². The number of hydrogen-bond acceptors (Lipinski definition) is 11. The van der Waals surface area contributed by atoms with Gasteiger partial charge in [-0.2, -0.15) is 0 Å². The van der Waals surface area contributed by atoms with E-state index >= 15 is 0 Å². The molecule has 1 aliphatic rings. The van der Waals surface area contributed by atoms with Crippen LogP contribution >= 0.6 is 0 Å². The average molecular weight is 617 g/mol. The van der Waals surface area contributed by atoms with Crippen LogP contribution in [0, 0.1) is 0 Å². The van der Waals surface area contributed by atoms with E-state index in [0.717, 1.165) is 13.8 Å². The van der Waals surface area contributed by atoms with Crippen molar-refractivity contribution in [2.45, 2.75) is 64.5 Å². The summed E-state index contributed by atoms with van der Waals surface area (Å²) in [6, 6.07) is -2.83. The molecule has 0 aromatic heterocycles. The molecule has 1 aliphatic heterocycles. The molecular formula is C24H40N8O11. The molecule has 8 N–H and O–H groups in total. The van der Waals surface area contributed by atoms with Gasteiger partial charge in [-0.15, -0.1) is 0 Å². The minimum Gasteiger partial charge on any atom is -0.355 e. The van der Waals surface area contributed by atoms with Gasteiger partial charge in [-0.3, -0.25) is 54.0 Å². The van der Waals surface area contributed by atoms with Gasteiger partial charge in [0.2, 0.25) is 47.3 Å². The maximum Gasteiger partial charge on any atom is 0.245 e. The highest BCUT2D eigenvalue weighted by atomic mass is 16.5. The van der Waals surface area contributed by atoms with Crippen LogP contribution in [0.15, 0.2) is 0 Å². The summed E-state index contributed by atoms with van der Waals surface area (Å²) in [6.45, 7) is 0.285. The summed E-state index contributed by atoms with van der Waals surface area (Å²) in [7, 11) is 0. The van der Waals surface area contributed by atoms with Crippen LogP contribution in [0.4, 0.5) is 0 Å². The van der Waals surface area contributed by atoms with Crippen molar-refractivity contribution < 1.29 is 54.0 Å². The number of amides is 8. The molecular weight excluding hydrogens is 576 g/mol. The molecule has 1 heterocycles. The first kappa shape index (κ1) is 36.7. The van der Waals surface area contributed by atoms with Crippen molar-refractivity contribution in [1.82, 2.24) is 41.8 Å². The molecule has 0 aromatic rings. The van der Waals surface area contributed by atoms with Gasteiger partial charge in [-0.05, 0) is 25.7 Å². The van der Waals surface area contributed by atoms with E-state index in [0.29, 0.717) is 15.2 Å². The first-order valence-electron chi connectivity index (χ1n) is 13.5. The molecule has 19 heteroatoms. The molecule has 19 nitrogen and oxygen atoms in total. The van der Waals surface area contributed by atoms with Gasteiger partial charge >= 0.3 is 0 Å². The van der Waals surface area contributed by atoms with Crippen LogP contribution in [0.2, 0.25) is 0 Å². The first-order valence-corrected chi connectivity index (χ1v) is 13.5. The lowest BCUT2D eigenvalue weighted by Gasteiger charge is -2.25. The highest BCUT2D eigenvalue weighted by Gasteiger charge is 2.29. The third-order valence-electron chi connectivity index (χ3n) is 6.09. The maximum absolute atomic E-state index is 13.2. The minimum absolute atomic E-state index is 0.0185. The summed E-state index contributed by atoms with van der Waals surface area (Å²) in [5.74, 6) is -5.82. The van der Waals surface area contributed by atoms with E-state index in [2.05, 4.69) is 26.6 Å². The summed E-state index contributed by atoms with van der Waals surface area (Å²) < 4.78 is 0. The molecule has 0 saturated carbocycles. The molecule has 8 amide bonds. The Morgan fingerprint density at radius 2 is 1.26 bits per heavy atom. The van der Waals surface area contributed by atoms with E-state index < -0.39 is 79.0 Å².